The molecule has 0 saturated carbocycles. The van der Waals surface area contributed by atoms with E-state index in [1.807, 2.05) is 0 Å². The van der Waals surface area contributed by atoms with Gasteiger partial charge in [-0.05, 0) is 12.1 Å². The molecule has 0 spiro atoms. The number of H-pyrrole nitrogens is 1. The number of carbonyl (C=O) groups is 1. The second-order valence-electron chi connectivity index (χ2n) is 4.20. The summed E-state index contributed by atoms with van der Waals surface area (Å²) in [6, 6.07) is 8.27. The average Bonchev–Trinajstić information content (AvgIpc) is 2.84. The van der Waals surface area contributed by atoms with Gasteiger partial charge in [0.25, 0.3) is 11.5 Å². The van der Waals surface area contributed by atoms with Gasteiger partial charge in [-0.25, -0.2) is 9.50 Å². The number of carbonyl (C=O) groups excluding carboxylic acids is 1. The fourth-order valence-electron chi connectivity index (χ4n) is 1.93. The number of aromatic nitrogens is 3. The Morgan fingerprint density at radius 3 is 2.65 bits per heavy atom. The largest absolute Gasteiger partial charge is 0.365 e. The number of benzene rings is 1. The minimum Gasteiger partial charge on any atom is -0.365 e. The van der Waals surface area contributed by atoms with Crippen LogP contribution in [0, 0.1) is 0 Å². The molecule has 1 amide bonds. The highest BCUT2D eigenvalue weighted by Gasteiger charge is 2.13. The molecule has 2 heterocycles. The Hall–Kier alpha value is -2.60. The summed E-state index contributed by atoms with van der Waals surface area (Å²) >= 11 is 5.82. The van der Waals surface area contributed by atoms with Crippen LogP contribution < -0.4 is 11.3 Å². The molecule has 1 aromatic carbocycles. The van der Waals surface area contributed by atoms with Gasteiger partial charge in [0.1, 0.15) is 5.56 Å². The molecule has 0 unspecified atom stereocenters. The Morgan fingerprint density at radius 1 is 1.30 bits per heavy atom. The van der Waals surface area contributed by atoms with Crippen LogP contribution in [-0.2, 0) is 0 Å². The molecule has 0 aliphatic carbocycles. The number of nitrogens with two attached hydrogens (primary N) is 1. The minimum absolute atomic E-state index is 0.165. The van der Waals surface area contributed by atoms with E-state index in [-0.39, 0.29) is 16.8 Å². The van der Waals surface area contributed by atoms with Gasteiger partial charge in [0, 0.05) is 22.8 Å². The van der Waals surface area contributed by atoms with E-state index in [2.05, 4.69) is 10.1 Å². The summed E-state index contributed by atoms with van der Waals surface area (Å²) in [4.78, 5) is 27.6. The number of nitrogens with zero attached hydrogens (tertiary/aromatic N) is 2. The zero-order chi connectivity index (χ0) is 14.3. The molecule has 7 heteroatoms. The van der Waals surface area contributed by atoms with Gasteiger partial charge in [0.15, 0.2) is 5.65 Å². The number of rotatable bonds is 2. The van der Waals surface area contributed by atoms with Crippen LogP contribution in [0.5, 0.6) is 0 Å². The smallest absolute Gasteiger partial charge is 0.273 e. The van der Waals surface area contributed by atoms with Crippen molar-refractivity contribution < 1.29 is 4.79 Å². The first-order valence-electron chi connectivity index (χ1n) is 5.73. The molecule has 0 bridgehead atoms. The Balaban J connectivity index is 2.27. The van der Waals surface area contributed by atoms with Crippen molar-refractivity contribution in [2.24, 2.45) is 5.73 Å². The number of aromatic amines is 1. The van der Waals surface area contributed by atoms with E-state index in [0.29, 0.717) is 10.7 Å². The first kappa shape index (κ1) is 12.4. The summed E-state index contributed by atoms with van der Waals surface area (Å²) in [5, 5.41) is 3.23. The van der Waals surface area contributed by atoms with Gasteiger partial charge >= 0.3 is 0 Å². The molecule has 3 rings (SSSR count). The summed E-state index contributed by atoms with van der Waals surface area (Å²) in [5.41, 5.74) is 6.47. The van der Waals surface area contributed by atoms with Gasteiger partial charge < -0.3 is 5.73 Å². The van der Waals surface area contributed by atoms with Gasteiger partial charge in [-0.1, -0.05) is 23.7 Å². The van der Waals surface area contributed by atoms with Crippen LogP contribution in [0.3, 0.4) is 0 Å². The van der Waals surface area contributed by atoms with Gasteiger partial charge in [-0.2, -0.15) is 0 Å². The van der Waals surface area contributed by atoms with Crippen LogP contribution in [0.1, 0.15) is 10.4 Å². The van der Waals surface area contributed by atoms with E-state index in [1.165, 1.54) is 16.8 Å². The van der Waals surface area contributed by atoms with Crippen LogP contribution >= 0.6 is 11.6 Å². The molecule has 0 radical (unpaired) electrons. The van der Waals surface area contributed by atoms with Crippen molar-refractivity contribution in [3.8, 4) is 11.3 Å². The molecule has 100 valence electrons. The molecule has 0 atom stereocenters. The van der Waals surface area contributed by atoms with E-state index < -0.39 is 5.91 Å². The number of hydrogen-bond donors (Lipinski definition) is 2. The molecule has 0 saturated heterocycles. The monoisotopic (exact) mass is 288 g/mol. The molecule has 2 aromatic heterocycles. The fraction of sp³-hybridized carbons (Fsp3) is 0. The molecule has 3 aromatic rings. The van der Waals surface area contributed by atoms with Gasteiger partial charge in [0.05, 0.1) is 5.69 Å². The van der Waals surface area contributed by atoms with E-state index in [4.69, 9.17) is 17.3 Å². The Bertz CT molecular complexity index is 864. The lowest BCUT2D eigenvalue weighted by atomic mass is 10.1. The SMILES string of the molecule is NC(=O)c1c[nH]n2c(=O)cc(-c3ccc(Cl)cc3)nc12. The van der Waals surface area contributed by atoms with Crippen molar-refractivity contribution >= 4 is 23.2 Å². The summed E-state index contributed by atoms with van der Waals surface area (Å²) in [7, 11) is 0. The highest BCUT2D eigenvalue weighted by Crippen LogP contribution is 2.19. The maximum absolute atomic E-state index is 12.0. The highest BCUT2D eigenvalue weighted by atomic mass is 35.5. The number of nitrogens with one attached hydrogen (secondary N) is 1. The molecule has 0 aliphatic heterocycles. The second kappa shape index (κ2) is 4.50. The fourth-order valence-corrected chi connectivity index (χ4v) is 2.06. The van der Waals surface area contributed by atoms with Crippen molar-refractivity contribution in [1.82, 2.24) is 14.6 Å². The predicted molar refractivity (Wildman–Crippen MR) is 74.8 cm³/mol. The zero-order valence-corrected chi connectivity index (χ0v) is 10.9. The number of primary amides is 1. The third kappa shape index (κ3) is 1.96. The first-order chi connectivity index (χ1) is 9.56. The first-order valence-corrected chi connectivity index (χ1v) is 6.11. The Morgan fingerprint density at radius 2 is 2.00 bits per heavy atom. The number of hydrogen-bond acceptors (Lipinski definition) is 3. The molecule has 3 N–H and O–H groups in total. The molecule has 0 aliphatic rings. The average molecular weight is 289 g/mol. The maximum atomic E-state index is 12.0. The third-order valence-corrected chi connectivity index (χ3v) is 3.16. The number of fused-ring (bicyclic) bond motifs is 1. The van der Waals surface area contributed by atoms with E-state index >= 15 is 0 Å². The van der Waals surface area contributed by atoms with E-state index in [0.717, 1.165) is 5.56 Å². The van der Waals surface area contributed by atoms with Gasteiger partial charge in [-0.3, -0.25) is 14.7 Å². The number of amides is 1. The summed E-state index contributed by atoms with van der Waals surface area (Å²) < 4.78 is 1.17. The van der Waals surface area contributed by atoms with Gasteiger partial charge in [0.2, 0.25) is 0 Å². The predicted octanol–water partition coefficient (Wildman–Crippen LogP) is 1.44. The lowest BCUT2D eigenvalue weighted by molar-refractivity contribution is 0.100. The lowest BCUT2D eigenvalue weighted by Gasteiger charge is -2.02. The number of halogens is 1. The molecule has 20 heavy (non-hydrogen) atoms. The Kier molecular flexibility index (Phi) is 2.80. The normalized spacial score (nSPS) is 10.8. The van der Waals surface area contributed by atoms with Crippen molar-refractivity contribution in [2.75, 3.05) is 0 Å². The second-order valence-corrected chi connectivity index (χ2v) is 4.63. The standard InChI is InChI=1S/C13H9ClN4O2/c14-8-3-1-7(2-4-8)10-5-11(19)18-13(17-10)9(6-16-18)12(15)20/h1-6,16H,(H2,15,20). The molecule has 6 nitrogen and oxygen atoms in total. The molecule has 0 fully saturated rings. The quantitative estimate of drug-likeness (QED) is 0.747. The summed E-state index contributed by atoms with van der Waals surface area (Å²) in [5.74, 6) is -0.649. The van der Waals surface area contributed by atoms with Crippen LogP contribution in [0.4, 0.5) is 0 Å². The zero-order valence-electron chi connectivity index (χ0n) is 10.1. The third-order valence-electron chi connectivity index (χ3n) is 2.90. The molecular formula is C13H9ClN4O2. The van der Waals surface area contributed by atoms with Crippen LogP contribution in [0.15, 0.2) is 41.3 Å². The Labute approximate surface area is 117 Å². The van der Waals surface area contributed by atoms with Crippen molar-refractivity contribution in [3.63, 3.8) is 0 Å². The van der Waals surface area contributed by atoms with E-state index in [9.17, 15) is 9.59 Å². The van der Waals surface area contributed by atoms with Crippen LogP contribution in [0.25, 0.3) is 16.9 Å². The molecular weight excluding hydrogens is 280 g/mol. The van der Waals surface area contributed by atoms with Gasteiger partial charge in [-0.15, -0.1) is 0 Å². The maximum Gasteiger partial charge on any atom is 0.273 e. The topological polar surface area (TPSA) is 93.3 Å². The summed E-state index contributed by atoms with van der Waals surface area (Å²) in [6.45, 7) is 0. The van der Waals surface area contributed by atoms with Crippen LogP contribution in [-0.4, -0.2) is 20.5 Å². The van der Waals surface area contributed by atoms with E-state index in [1.54, 1.807) is 24.3 Å². The minimum atomic E-state index is -0.649. The summed E-state index contributed by atoms with van der Waals surface area (Å²) in [6.07, 6.45) is 1.36. The highest BCUT2D eigenvalue weighted by molar-refractivity contribution is 6.30. The van der Waals surface area contributed by atoms with Crippen molar-refractivity contribution in [1.29, 1.82) is 0 Å². The van der Waals surface area contributed by atoms with Crippen molar-refractivity contribution in [2.45, 2.75) is 0 Å². The van der Waals surface area contributed by atoms with Crippen molar-refractivity contribution in [3.05, 3.63) is 57.5 Å². The van der Waals surface area contributed by atoms with Crippen LogP contribution in [0.2, 0.25) is 5.02 Å². The lowest BCUT2D eigenvalue weighted by Crippen LogP contribution is -2.16.